The highest BCUT2D eigenvalue weighted by molar-refractivity contribution is 5.80. The van der Waals surface area contributed by atoms with E-state index in [-0.39, 0.29) is 36.6 Å². The topological polar surface area (TPSA) is 148 Å². The van der Waals surface area contributed by atoms with Gasteiger partial charge in [-0.1, -0.05) is 166 Å². The summed E-state index contributed by atoms with van der Waals surface area (Å²) in [6.07, 6.45) is 7.13. The minimum atomic E-state index is -0.689. The van der Waals surface area contributed by atoms with Gasteiger partial charge in [-0.25, -0.2) is 5.90 Å². The SMILES string of the molecule is CC.CC.CO[C@@H]1[C@@H](OC)[C@H](C)O[C@@H](O/N=C/c2ccc(/C=C/c3ccccc3)cc2)[C@@H]1OC.CO[C@@H]1[C@@H](OC)[C@H](C)O[C@@H](ON)[C@@H]1OC.O=Cc1ccc(/C=C/c2ccccc2)cc1. The van der Waals surface area contributed by atoms with E-state index in [9.17, 15) is 4.79 Å². The molecule has 0 saturated carbocycles. The number of nitrogens with two attached hydrogens (primary N) is 1. The average molecular weight is 901 g/mol. The largest absolute Gasteiger partial charge is 0.376 e. The predicted molar refractivity (Wildman–Crippen MR) is 259 cm³/mol. The average Bonchev–Trinajstić information content (AvgIpc) is 3.37. The molecular weight excluding hydrogens is 829 g/mol. The van der Waals surface area contributed by atoms with Crippen LogP contribution in [0.15, 0.2) is 114 Å². The first-order valence-electron chi connectivity index (χ1n) is 21.9. The van der Waals surface area contributed by atoms with Gasteiger partial charge in [-0.15, -0.1) is 0 Å². The second-order valence-corrected chi connectivity index (χ2v) is 14.0. The summed E-state index contributed by atoms with van der Waals surface area (Å²) in [5, 5.41) is 4.10. The van der Waals surface area contributed by atoms with Crippen LogP contribution in [0.3, 0.4) is 0 Å². The predicted octanol–water partition coefficient (Wildman–Crippen LogP) is 9.39. The van der Waals surface area contributed by atoms with Crippen molar-refractivity contribution >= 4 is 36.8 Å². The van der Waals surface area contributed by atoms with E-state index < -0.39 is 24.8 Å². The lowest BCUT2D eigenvalue weighted by atomic mass is 9.99. The summed E-state index contributed by atoms with van der Waals surface area (Å²) in [6, 6.07) is 35.8. The molecule has 13 nitrogen and oxygen atoms in total. The van der Waals surface area contributed by atoms with E-state index in [0.717, 1.165) is 28.5 Å². The Hall–Kier alpha value is -4.90. The number of aldehydes is 1. The Morgan fingerprint density at radius 1 is 0.446 bits per heavy atom. The van der Waals surface area contributed by atoms with Gasteiger partial charge in [-0.3, -0.25) is 9.63 Å². The maximum absolute atomic E-state index is 10.5. The summed E-state index contributed by atoms with van der Waals surface area (Å²) < 4.78 is 43.8. The number of hydrogen-bond acceptors (Lipinski definition) is 13. The number of carbonyl (C=O) groups is 1. The number of ether oxygens (including phenoxy) is 8. The quantitative estimate of drug-likeness (QED) is 0.0525. The van der Waals surface area contributed by atoms with Crippen LogP contribution >= 0.6 is 0 Å². The summed E-state index contributed by atoms with van der Waals surface area (Å²) >= 11 is 0. The van der Waals surface area contributed by atoms with Crippen molar-refractivity contribution in [2.75, 3.05) is 42.7 Å². The first-order chi connectivity index (χ1) is 31.7. The van der Waals surface area contributed by atoms with E-state index in [4.69, 9.17) is 53.5 Å². The van der Waals surface area contributed by atoms with Gasteiger partial charge in [0.2, 0.25) is 6.29 Å². The van der Waals surface area contributed by atoms with E-state index >= 15 is 0 Å². The molecule has 2 N–H and O–H groups in total. The molecule has 2 aliphatic heterocycles. The highest BCUT2D eigenvalue weighted by Gasteiger charge is 2.47. The maximum atomic E-state index is 10.5. The van der Waals surface area contributed by atoms with Gasteiger partial charge in [-0.2, -0.15) is 0 Å². The molecular formula is C52H72N2O11. The number of carbonyl (C=O) groups excluding carboxylic acids is 1. The summed E-state index contributed by atoms with van der Waals surface area (Å²) in [6.45, 7) is 11.8. The molecule has 356 valence electrons. The monoisotopic (exact) mass is 901 g/mol. The zero-order valence-electron chi connectivity index (χ0n) is 40.1. The van der Waals surface area contributed by atoms with E-state index in [1.165, 1.54) is 5.56 Å². The summed E-state index contributed by atoms with van der Waals surface area (Å²) in [7, 11) is 9.58. The molecule has 6 rings (SSSR count). The standard InChI is InChI=1S/C24H29NO5.C15H12O.C9H19NO5.2C2H6/c1-17-21(26-2)22(27-3)23(28-4)24(29-17)30-25-16-20-14-12-19(13-15-20)11-10-18-8-6-5-7-9-18;16-12-15-10-8-14(9-11-15)7-6-13-4-2-1-3-5-13;1-5-6(11-2)7(12-3)8(13-4)9(14-5)15-10;2*1-2/h5-17,21-24H,1-4H3;1-12H;5-9H,10H2,1-4H3;2*1-2H3/b11-10+,25-16+;7-6+;;;/t17-,21-,22+,23+,24-;;5-,6-,7+,8+,9-;;/m0.0../s1. The van der Waals surface area contributed by atoms with Gasteiger partial charge in [-0.05, 0) is 41.7 Å². The minimum Gasteiger partial charge on any atom is -0.376 e. The van der Waals surface area contributed by atoms with Crippen LogP contribution in [0.1, 0.15) is 79.7 Å². The third-order valence-corrected chi connectivity index (χ3v) is 10.1. The molecule has 4 aromatic rings. The van der Waals surface area contributed by atoms with Crippen molar-refractivity contribution in [1.82, 2.24) is 0 Å². The van der Waals surface area contributed by atoms with Crippen LogP contribution in [0.25, 0.3) is 24.3 Å². The molecule has 0 spiro atoms. The Bertz CT molecular complexity index is 1900. The Kier molecular flexibility index (Phi) is 28.3. The van der Waals surface area contributed by atoms with Crippen molar-refractivity contribution in [3.8, 4) is 0 Å². The summed E-state index contributed by atoms with van der Waals surface area (Å²) in [5.74, 6) is 5.13. The van der Waals surface area contributed by atoms with Crippen LogP contribution in [0.2, 0.25) is 0 Å². The van der Waals surface area contributed by atoms with Crippen molar-refractivity contribution < 1.29 is 52.4 Å². The fraction of sp³-hybridized carbons (Fsp3) is 0.423. The van der Waals surface area contributed by atoms with Crippen molar-refractivity contribution in [2.45, 2.75) is 103 Å². The second-order valence-electron chi connectivity index (χ2n) is 14.0. The molecule has 65 heavy (non-hydrogen) atoms. The summed E-state index contributed by atoms with van der Waals surface area (Å²) in [5.41, 5.74) is 6.15. The van der Waals surface area contributed by atoms with Crippen LogP contribution in [0.5, 0.6) is 0 Å². The Labute approximate surface area is 387 Å². The molecule has 2 fully saturated rings. The van der Waals surface area contributed by atoms with Crippen molar-refractivity contribution in [2.24, 2.45) is 11.1 Å². The van der Waals surface area contributed by atoms with Gasteiger partial charge >= 0.3 is 0 Å². The molecule has 0 radical (unpaired) electrons. The van der Waals surface area contributed by atoms with Gasteiger partial charge in [0.1, 0.15) is 36.8 Å². The van der Waals surface area contributed by atoms with E-state index in [1.54, 1.807) is 48.9 Å². The molecule has 2 aliphatic rings. The molecule has 10 atom stereocenters. The second kappa shape index (κ2) is 32.7. The number of rotatable bonds is 15. The lowest BCUT2D eigenvalue weighted by molar-refractivity contribution is -0.306. The van der Waals surface area contributed by atoms with Gasteiger partial charge in [0, 0.05) is 48.2 Å². The first-order valence-corrected chi connectivity index (χ1v) is 21.9. The van der Waals surface area contributed by atoms with E-state index in [1.807, 2.05) is 133 Å². The number of benzene rings is 4. The Morgan fingerprint density at radius 2 is 0.769 bits per heavy atom. The highest BCUT2D eigenvalue weighted by Crippen LogP contribution is 2.28. The van der Waals surface area contributed by atoms with Gasteiger partial charge in [0.15, 0.2) is 6.10 Å². The van der Waals surface area contributed by atoms with Crippen LogP contribution in [0.4, 0.5) is 0 Å². The third-order valence-electron chi connectivity index (χ3n) is 10.1. The Morgan fingerprint density at radius 3 is 1.12 bits per heavy atom. The fourth-order valence-corrected chi connectivity index (χ4v) is 6.87. The van der Waals surface area contributed by atoms with Crippen molar-refractivity contribution in [3.05, 3.63) is 143 Å². The van der Waals surface area contributed by atoms with Gasteiger partial charge in [0.25, 0.3) is 6.29 Å². The van der Waals surface area contributed by atoms with E-state index in [2.05, 4.69) is 47.6 Å². The minimum absolute atomic E-state index is 0.167. The highest BCUT2D eigenvalue weighted by atomic mass is 16.8. The van der Waals surface area contributed by atoms with Crippen LogP contribution < -0.4 is 5.90 Å². The number of oxime groups is 1. The number of hydrogen-bond donors (Lipinski definition) is 1. The molecule has 0 amide bonds. The molecule has 0 unspecified atom stereocenters. The zero-order valence-corrected chi connectivity index (χ0v) is 40.1. The maximum Gasteiger partial charge on any atom is 0.256 e. The van der Waals surface area contributed by atoms with Gasteiger partial charge < -0.3 is 42.7 Å². The molecule has 0 aromatic heterocycles. The normalized spacial score (nSPS) is 24.9. The van der Waals surface area contributed by atoms with Crippen LogP contribution in [-0.4, -0.2) is 117 Å². The molecule has 13 heteroatoms. The van der Waals surface area contributed by atoms with Crippen molar-refractivity contribution in [1.29, 1.82) is 0 Å². The van der Waals surface area contributed by atoms with Crippen LogP contribution in [-0.2, 0) is 47.6 Å². The molecule has 2 heterocycles. The lowest BCUT2D eigenvalue weighted by Gasteiger charge is -2.42. The molecule has 2 saturated heterocycles. The third kappa shape index (κ3) is 18.1. The summed E-state index contributed by atoms with van der Waals surface area (Å²) in [4.78, 5) is 20.8. The smallest absolute Gasteiger partial charge is 0.256 e. The zero-order chi connectivity index (χ0) is 48.0. The van der Waals surface area contributed by atoms with Gasteiger partial charge in [0.05, 0.1) is 18.4 Å². The fourth-order valence-electron chi connectivity index (χ4n) is 6.87. The van der Waals surface area contributed by atoms with Crippen molar-refractivity contribution in [3.63, 3.8) is 0 Å². The molecule has 4 aromatic carbocycles. The van der Waals surface area contributed by atoms with Crippen LogP contribution in [0, 0.1) is 0 Å². The first kappa shape index (κ1) is 56.2. The lowest BCUT2D eigenvalue weighted by Crippen LogP contribution is -2.59. The molecule has 0 bridgehead atoms. The Balaban J connectivity index is 0.000000350. The number of nitrogens with zero attached hydrogens (tertiary/aromatic N) is 1. The van der Waals surface area contributed by atoms with E-state index in [0.29, 0.717) is 5.56 Å². The number of methoxy groups -OCH3 is 6. The molecule has 0 aliphatic carbocycles.